The number of pyridine rings is 1. The van der Waals surface area contributed by atoms with Crippen molar-refractivity contribution in [3.05, 3.63) is 72.1 Å². The first-order valence-electron chi connectivity index (χ1n) is 11.2. The smallest absolute Gasteiger partial charge is 0.272 e. The first-order chi connectivity index (χ1) is 16.1. The number of hydrogen-bond donors (Lipinski definition) is 2. The summed E-state index contributed by atoms with van der Waals surface area (Å²) in [4.78, 5) is 44.4. The van der Waals surface area contributed by atoms with Gasteiger partial charge in [-0.1, -0.05) is 30.4 Å². The van der Waals surface area contributed by atoms with Gasteiger partial charge in [0.15, 0.2) is 0 Å². The number of ether oxygens (including phenoxy) is 1. The molecular formula is C25H28N4O4. The minimum atomic E-state index is -0.608. The Morgan fingerprint density at radius 2 is 1.79 bits per heavy atom. The quantitative estimate of drug-likeness (QED) is 0.652. The minimum absolute atomic E-state index is 0.0323. The second kappa shape index (κ2) is 10.3. The summed E-state index contributed by atoms with van der Waals surface area (Å²) < 4.78 is 5.77. The molecule has 3 amide bonds. The molecule has 1 aromatic heterocycles. The zero-order valence-corrected chi connectivity index (χ0v) is 18.5. The zero-order chi connectivity index (χ0) is 23.1. The summed E-state index contributed by atoms with van der Waals surface area (Å²) >= 11 is 0. The lowest BCUT2D eigenvalue weighted by Crippen LogP contribution is -2.50. The summed E-state index contributed by atoms with van der Waals surface area (Å²) in [5.41, 5.74) is 0.274. The Balaban J connectivity index is 1.44. The van der Waals surface area contributed by atoms with E-state index in [4.69, 9.17) is 4.74 Å². The molecule has 33 heavy (non-hydrogen) atoms. The molecule has 4 rings (SSSR count). The van der Waals surface area contributed by atoms with Crippen molar-refractivity contribution in [1.82, 2.24) is 20.5 Å². The lowest BCUT2D eigenvalue weighted by atomic mass is 9.74. The maximum atomic E-state index is 13.2. The Morgan fingerprint density at radius 1 is 1.00 bits per heavy atom. The van der Waals surface area contributed by atoms with E-state index in [9.17, 15) is 14.4 Å². The molecule has 0 unspecified atom stereocenters. The van der Waals surface area contributed by atoms with Gasteiger partial charge < -0.3 is 20.3 Å². The lowest BCUT2D eigenvalue weighted by molar-refractivity contribution is -0.133. The summed E-state index contributed by atoms with van der Waals surface area (Å²) in [6, 6.07) is 12.3. The summed E-state index contributed by atoms with van der Waals surface area (Å²) in [6.07, 6.45) is 7.07. The number of allylic oxidation sites excluding steroid dienone is 1. The number of amides is 3. The highest BCUT2D eigenvalue weighted by Crippen LogP contribution is 2.36. The maximum absolute atomic E-state index is 13.2. The van der Waals surface area contributed by atoms with E-state index in [0.717, 1.165) is 0 Å². The van der Waals surface area contributed by atoms with Crippen molar-refractivity contribution in [2.24, 2.45) is 5.41 Å². The highest BCUT2D eigenvalue weighted by Gasteiger charge is 2.41. The Kier molecular flexibility index (Phi) is 7.02. The number of aromatic nitrogens is 1. The van der Waals surface area contributed by atoms with Crippen LogP contribution in [-0.4, -0.2) is 60.4 Å². The van der Waals surface area contributed by atoms with Crippen LogP contribution in [0.4, 0.5) is 0 Å². The molecule has 0 atom stereocenters. The number of fused-ring (bicyclic) bond motifs is 1. The van der Waals surface area contributed by atoms with Crippen molar-refractivity contribution in [2.75, 3.05) is 32.8 Å². The second-order valence-electron chi connectivity index (χ2n) is 8.27. The fourth-order valence-electron chi connectivity index (χ4n) is 4.25. The largest absolute Gasteiger partial charge is 0.491 e. The van der Waals surface area contributed by atoms with Crippen LogP contribution in [0.25, 0.3) is 0 Å². The van der Waals surface area contributed by atoms with Gasteiger partial charge in [0.25, 0.3) is 11.8 Å². The van der Waals surface area contributed by atoms with Crippen molar-refractivity contribution in [1.29, 1.82) is 0 Å². The van der Waals surface area contributed by atoms with Crippen LogP contribution in [0.1, 0.15) is 40.1 Å². The van der Waals surface area contributed by atoms with Crippen LogP contribution in [0.15, 0.2) is 60.8 Å². The topological polar surface area (TPSA) is 101 Å². The van der Waals surface area contributed by atoms with E-state index in [1.54, 1.807) is 47.5 Å². The molecule has 2 aliphatic rings. The maximum Gasteiger partial charge on any atom is 0.272 e. The van der Waals surface area contributed by atoms with E-state index in [-0.39, 0.29) is 24.3 Å². The Morgan fingerprint density at radius 3 is 2.58 bits per heavy atom. The van der Waals surface area contributed by atoms with Gasteiger partial charge in [-0.15, -0.1) is 0 Å². The highest BCUT2D eigenvalue weighted by atomic mass is 16.5. The van der Waals surface area contributed by atoms with Gasteiger partial charge in [0.05, 0.1) is 17.5 Å². The summed E-state index contributed by atoms with van der Waals surface area (Å²) in [7, 11) is 0. The first-order valence-corrected chi connectivity index (χ1v) is 11.2. The number of nitrogens with one attached hydrogen (secondary N) is 2. The van der Waals surface area contributed by atoms with Crippen LogP contribution in [0.2, 0.25) is 0 Å². The number of hydrogen-bond acceptors (Lipinski definition) is 5. The van der Waals surface area contributed by atoms with Crippen LogP contribution in [0.5, 0.6) is 5.75 Å². The van der Waals surface area contributed by atoms with Crippen molar-refractivity contribution in [3.8, 4) is 5.75 Å². The molecule has 0 radical (unpaired) electrons. The van der Waals surface area contributed by atoms with E-state index >= 15 is 0 Å². The van der Waals surface area contributed by atoms with E-state index < -0.39 is 5.41 Å². The van der Waals surface area contributed by atoms with Crippen LogP contribution in [0, 0.1) is 5.41 Å². The molecule has 2 N–H and O–H groups in total. The van der Waals surface area contributed by atoms with Crippen LogP contribution in [-0.2, 0) is 4.79 Å². The second-order valence-corrected chi connectivity index (χ2v) is 8.27. The van der Waals surface area contributed by atoms with E-state index in [0.29, 0.717) is 62.4 Å². The third kappa shape index (κ3) is 5.22. The molecule has 3 heterocycles. The monoisotopic (exact) mass is 448 g/mol. The summed E-state index contributed by atoms with van der Waals surface area (Å²) in [5, 5.41) is 5.87. The van der Waals surface area contributed by atoms with Crippen molar-refractivity contribution in [2.45, 2.75) is 19.3 Å². The average Bonchev–Trinajstić information content (AvgIpc) is 2.86. The van der Waals surface area contributed by atoms with Gasteiger partial charge >= 0.3 is 0 Å². The molecule has 1 saturated heterocycles. The first kappa shape index (κ1) is 22.5. The molecule has 2 aromatic rings. The predicted octanol–water partition coefficient (Wildman–Crippen LogP) is 2.19. The standard InChI is InChI=1S/C25H28N4O4/c30-22-19-7-1-2-9-21(19)33-18-15-28-24(32)25(10-4-6-14-27-22)11-16-29(17-12-25)23(31)20-8-3-5-13-26-20/h1-9,13H,10-12,14-18H2,(H,27,30)(H,28,32)/b6-4+. The van der Waals surface area contributed by atoms with Crippen molar-refractivity contribution < 1.29 is 19.1 Å². The van der Waals surface area contributed by atoms with Gasteiger partial charge in [-0.05, 0) is 43.5 Å². The number of carbonyl (C=O) groups excluding carboxylic acids is 3. The zero-order valence-electron chi connectivity index (χ0n) is 18.5. The van der Waals surface area contributed by atoms with Gasteiger partial charge in [0.1, 0.15) is 18.1 Å². The number of para-hydroxylation sites is 1. The predicted molar refractivity (Wildman–Crippen MR) is 123 cm³/mol. The van der Waals surface area contributed by atoms with E-state index in [1.165, 1.54) is 0 Å². The number of likely N-dealkylation sites (tertiary alicyclic amines) is 1. The number of carbonyl (C=O) groups is 3. The average molecular weight is 449 g/mol. The molecule has 0 aliphatic carbocycles. The molecule has 172 valence electrons. The van der Waals surface area contributed by atoms with Gasteiger partial charge in [0.2, 0.25) is 5.91 Å². The fraction of sp³-hybridized carbons (Fsp3) is 0.360. The number of piperidine rings is 1. The van der Waals surface area contributed by atoms with Gasteiger partial charge in [-0.2, -0.15) is 0 Å². The normalized spacial score (nSPS) is 19.9. The van der Waals surface area contributed by atoms with E-state index in [2.05, 4.69) is 15.6 Å². The molecule has 1 aromatic carbocycles. The van der Waals surface area contributed by atoms with Crippen LogP contribution >= 0.6 is 0 Å². The highest BCUT2D eigenvalue weighted by molar-refractivity contribution is 5.97. The van der Waals surface area contributed by atoms with Gasteiger partial charge in [-0.3, -0.25) is 19.4 Å². The Hall–Kier alpha value is -3.68. The summed E-state index contributed by atoms with van der Waals surface area (Å²) in [5.74, 6) is 0.140. The van der Waals surface area contributed by atoms with Crippen LogP contribution < -0.4 is 15.4 Å². The van der Waals surface area contributed by atoms with E-state index in [1.807, 2.05) is 18.2 Å². The molecule has 0 bridgehead atoms. The molecule has 8 nitrogen and oxygen atoms in total. The van der Waals surface area contributed by atoms with Gasteiger partial charge in [-0.25, -0.2) is 0 Å². The third-order valence-electron chi connectivity index (χ3n) is 6.21. The van der Waals surface area contributed by atoms with Crippen molar-refractivity contribution in [3.63, 3.8) is 0 Å². The Labute approximate surface area is 193 Å². The molecule has 2 aliphatic heterocycles. The Bertz CT molecular complexity index is 1030. The number of nitrogens with zero attached hydrogens (tertiary/aromatic N) is 2. The van der Waals surface area contributed by atoms with Crippen LogP contribution in [0.3, 0.4) is 0 Å². The summed E-state index contributed by atoms with van der Waals surface area (Å²) in [6.45, 7) is 1.91. The van der Waals surface area contributed by atoms with Crippen molar-refractivity contribution >= 4 is 17.7 Å². The molecule has 1 spiro atoms. The SMILES string of the molecule is O=C1NC/C=C/CC2(CCN(C(=O)c3ccccn3)CC2)C(=O)NCCOc2ccccc21. The molecule has 0 saturated carbocycles. The van der Waals surface area contributed by atoms with Gasteiger partial charge in [0, 0.05) is 25.8 Å². The number of benzene rings is 1. The molecular weight excluding hydrogens is 420 g/mol. The molecule has 8 heteroatoms. The minimum Gasteiger partial charge on any atom is -0.491 e. The number of rotatable bonds is 1. The third-order valence-corrected chi connectivity index (χ3v) is 6.21. The molecule has 1 fully saturated rings. The lowest BCUT2D eigenvalue weighted by Gasteiger charge is -2.40. The fourth-order valence-corrected chi connectivity index (χ4v) is 4.25.